The second kappa shape index (κ2) is 8.37. The predicted octanol–water partition coefficient (Wildman–Crippen LogP) is 4.33. The minimum absolute atomic E-state index is 0.329. The van der Waals surface area contributed by atoms with Crippen molar-refractivity contribution in [1.82, 2.24) is 0 Å². The molecule has 0 fully saturated rings. The number of alkyl halides is 1. The van der Waals surface area contributed by atoms with Gasteiger partial charge in [-0.2, -0.15) is 0 Å². The van der Waals surface area contributed by atoms with Crippen molar-refractivity contribution in [2.75, 3.05) is 5.88 Å². The lowest BCUT2D eigenvalue weighted by atomic mass is 9.90. The molecule has 0 N–H and O–H groups in total. The van der Waals surface area contributed by atoms with E-state index in [1.807, 2.05) is 12.1 Å². The molecular formula is C18H20ClOSi. The largest absolute Gasteiger partial charge is 0.412 e. The third-order valence-corrected chi connectivity index (χ3v) is 4.80. The summed E-state index contributed by atoms with van der Waals surface area (Å²) in [7, 11) is 3.25. The lowest BCUT2D eigenvalue weighted by Gasteiger charge is -2.31. The topological polar surface area (TPSA) is 9.23 Å². The molecule has 0 aliphatic rings. The highest BCUT2D eigenvalue weighted by Gasteiger charge is 2.27. The Hall–Kier alpha value is -1.09. The molecule has 0 unspecified atom stereocenters. The van der Waals surface area contributed by atoms with Crippen LogP contribution < -0.4 is 0 Å². The fourth-order valence-electron chi connectivity index (χ4n) is 2.42. The third kappa shape index (κ3) is 4.99. The highest BCUT2D eigenvalue weighted by Crippen LogP contribution is 2.26. The first-order valence-corrected chi connectivity index (χ1v) is 8.21. The Morgan fingerprint density at radius 3 is 1.57 bits per heavy atom. The zero-order valence-corrected chi connectivity index (χ0v) is 13.9. The number of rotatable bonds is 8. The maximum absolute atomic E-state index is 6.20. The lowest BCUT2D eigenvalue weighted by molar-refractivity contribution is 0.0853. The first-order valence-electron chi connectivity index (χ1n) is 7.26. The molecule has 0 heterocycles. The predicted molar refractivity (Wildman–Crippen MR) is 89.8 cm³/mol. The van der Waals surface area contributed by atoms with Crippen LogP contribution in [0.3, 0.4) is 0 Å². The summed E-state index contributed by atoms with van der Waals surface area (Å²) in [6, 6.07) is 20.9. The Balaban J connectivity index is 1.95. The SMILES string of the molecule is [Si]OC(CCl)(CCc1ccccc1)CCc1ccccc1. The highest BCUT2D eigenvalue weighted by atomic mass is 35.5. The van der Waals surface area contributed by atoms with Gasteiger partial charge >= 0.3 is 0 Å². The normalized spacial score (nSPS) is 11.5. The van der Waals surface area contributed by atoms with Crippen LogP contribution in [0, 0.1) is 0 Å². The fraction of sp³-hybridized carbons (Fsp3) is 0.333. The Morgan fingerprint density at radius 1 is 0.810 bits per heavy atom. The van der Waals surface area contributed by atoms with Crippen LogP contribution in [0.15, 0.2) is 60.7 Å². The second-order valence-electron chi connectivity index (χ2n) is 5.39. The van der Waals surface area contributed by atoms with Crippen LogP contribution in [0.2, 0.25) is 0 Å². The Labute approximate surface area is 135 Å². The number of halogens is 1. The van der Waals surface area contributed by atoms with Crippen molar-refractivity contribution in [2.45, 2.75) is 31.3 Å². The van der Waals surface area contributed by atoms with E-state index in [0.717, 1.165) is 25.7 Å². The van der Waals surface area contributed by atoms with E-state index in [1.54, 1.807) is 0 Å². The molecule has 0 aromatic heterocycles. The molecule has 2 rings (SSSR count). The van der Waals surface area contributed by atoms with E-state index in [4.69, 9.17) is 16.0 Å². The summed E-state index contributed by atoms with van der Waals surface area (Å²) in [5.74, 6) is 0.482. The van der Waals surface area contributed by atoms with Crippen molar-refractivity contribution in [2.24, 2.45) is 0 Å². The van der Waals surface area contributed by atoms with Crippen LogP contribution >= 0.6 is 11.6 Å². The van der Waals surface area contributed by atoms with Gasteiger partial charge in [0.1, 0.15) is 0 Å². The average molecular weight is 316 g/mol. The van der Waals surface area contributed by atoms with Crippen molar-refractivity contribution in [1.29, 1.82) is 0 Å². The van der Waals surface area contributed by atoms with Crippen LogP contribution in [-0.2, 0) is 17.3 Å². The van der Waals surface area contributed by atoms with Gasteiger partial charge in [-0.1, -0.05) is 60.7 Å². The summed E-state index contributed by atoms with van der Waals surface area (Å²) < 4.78 is 5.60. The van der Waals surface area contributed by atoms with Gasteiger partial charge in [0.2, 0.25) is 10.5 Å². The molecule has 0 atom stereocenters. The van der Waals surface area contributed by atoms with Crippen molar-refractivity contribution >= 4 is 22.1 Å². The van der Waals surface area contributed by atoms with E-state index in [2.05, 4.69) is 59.0 Å². The molecule has 3 heteroatoms. The molecule has 0 amide bonds. The molecule has 21 heavy (non-hydrogen) atoms. The van der Waals surface area contributed by atoms with Gasteiger partial charge in [-0.3, -0.25) is 0 Å². The number of hydrogen-bond donors (Lipinski definition) is 0. The third-order valence-electron chi connectivity index (χ3n) is 3.88. The summed E-state index contributed by atoms with van der Waals surface area (Å²) >= 11 is 6.20. The summed E-state index contributed by atoms with van der Waals surface area (Å²) in [6.07, 6.45) is 3.73. The number of aryl methyl sites for hydroxylation is 2. The van der Waals surface area contributed by atoms with Crippen molar-refractivity contribution in [3.8, 4) is 0 Å². The van der Waals surface area contributed by atoms with E-state index >= 15 is 0 Å². The standard InChI is InChI=1S/C18H20ClOSi/c19-15-18(20-21,13-11-16-7-3-1-4-8-16)14-12-17-9-5-2-6-10-17/h1-10H,11-15H2. The molecular weight excluding hydrogens is 296 g/mol. The maximum atomic E-state index is 6.20. The van der Waals surface area contributed by atoms with Gasteiger partial charge < -0.3 is 4.43 Å². The molecule has 0 saturated carbocycles. The minimum Gasteiger partial charge on any atom is -0.412 e. The lowest BCUT2D eigenvalue weighted by Crippen LogP contribution is -2.35. The molecule has 2 aromatic carbocycles. The Morgan fingerprint density at radius 2 is 1.24 bits per heavy atom. The highest BCUT2D eigenvalue weighted by molar-refractivity contribution is 6.18. The first-order chi connectivity index (χ1) is 10.3. The van der Waals surface area contributed by atoms with Crippen molar-refractivity contribution in [3.05, 3.63) is 71.8 Å². The van der Waals surface area contributed by atoms with Crippen LogP contribution in [0.25, 0.3) is 0 Å². The van der Waals surface area contributed by atoms with Crippen LogP contribution in [-0.4, -0.2) is 22.0 Å². The molecule has 0 bridgehead atoms. The zero-order chi connectivity index (χ0) is 15.0. The Kier molecular flexibility index (Phi) is 6.49. The number of benzene rings is 2. The van der Waals surface area contributed by atoms with Gasteiger partial charge in [-0.15, -0.1) is 11.6 Å². The van der Waals surface area contributed by atoms with E-state index in [9.17, 15) is 0 Å². The van der Waals surface area contributed by atoms with E-state index in [1.165, 1.54) is 11.1 Å². The van der Waals surface area contributed by atoms with Gasteiger partial charge in [-0.25, -0.2) is 0 Å². The smallest absolute Gasteiger partial charge is 0.247 e. The van der Waals surface area contributed by atoms with Gasteiger partial charge in [0.15, 0.2) is 0 Å². The van der Waals surface area contributed by atoms with Gasteiger partial charge in [0, 0.05) is 0 Å². The quantitative estimate of drug-likeness (QED) is 0.520. The van der Waals surface area contributed by atoms with Gasteiger partial charge in [0.05, 0.1) is 11.5 Å². The summed E-state index contributed by atoms with van der Waals surface area (Å²) in [4.78, 5) is 0. The van der Waals surface area contributed by atoms with Crippen LogP contribution in [0.1, 0.15) is 24.0 Å². The maximum Gasteiger partial charge on any atom is 0.247 e. The second-order valence-corrected chi connectivity index (χ2v) is 5.86. The molecule has 0 aliphatic carbocycles. The van der Waals surface area contributed by atoms with Crippen LogP contribution in [0.5, 0.6) is 0 Å². The van der Waals surface area contributed by atoms with E-state index in [0.29, 0.717) is 5.88 Å². The number of hydrogen-bond acceptors (Lipinski definition) is 1. The van der Waals surface area contributed by atoms with E-state index < -0.39 is 0 Å². The average Bonchev–Trinajstić information content (AvgIpc) is 2.58. The first kappa shape index (κ1) is 16.3. The molecule has 2 aromatic rings. The molecule has 0 spiro atoms. The molecule has 0 aliphatic heterocycles. The summed E-state index contributed by atoms with van der Waals surface area (Å²) in [6.45, 7) is 0. The van der Waals surface area contributed by atoms with E-state index in [-0.39, 0.29) is 5.60 Å². The molecule has 0 saturated heterocycles. The minimum atomic E-state index is -0.329. The molecule has 109 valence electrons. The summed E-state index contributed by atoms with van der Waals surface area (Å²) in [5, 5.41) is 0. The van der Waals surface area contributed by atoms with Gasteiger partial charge in [-0.05, 0) is 36.8 Å². The molecule has 1 nitrogen and oxygen atoms in total. The van der Waals surface area contributed by atoms with Crippen molar-refractivity contribution < 1.29 is 4.43 Å². The van der Waals surface area contributed by atoms with Crippen molar-refractivity contribution in [3.63, 3.8) is 0 Å². The Bertz CT molecular complexity index is 466. The van der Waals surface area contributed by atoms with Crippen LogP contribution in [0.4, 0.5) is 0 Å². The monoisotopic (exact) mass is 315 g/mol. The zero-order valence-electron chi connectivity index (χ0n) is 12.1. The molecule has 3 radical (unpaired) electrons. The fourth-order valence-corrected chi connectivity index (χ4v) is 3.11. The summed E-state index contributed by atoms with van der Waals surface area (Å²) in [5.41, 5.74) is 2.30. The van der Waals surface area contributed by atoms with Gasteiger partial charge in [0.25, 0.3) is 0 Å².